The lowest BCUT2D eigenvalue weighted by Gasteiger charge is -2.11. The molecule has 39 heavy (non-hydrogen) atoms. The fourth-order valence-corrected chi connectivity index (χ4v) is 5.07. The molecule has 0 unspecified atom stereocenters. The number of hydrogen-bond donors (Lipinski definition) is 0. The summed E-state index contributed by atoms with van der Waals surface area (Å²) in [5.74, 6) is 3.63. The molecular formula is C31H30N2O5S. The van der Waals surface area contributed by atoms with Crippen LogP contribution in [-0.2, 0) is 0 Å². The van der Waals surface area contributed by atoms with Crippen LogP contribution in [0.25, 0.3) is 33.6 Å². The molecule has 0 aliphatic rings. The maximum absolute atomic E-state index is 6.31. The molecule has 0 aliphatic heterocycles. The number of rotatable bonds is 8. The quantitative estimate of drug-likeness (QED) is 0.201. The summed E-state index contributed by atoms with van der Waals surface area (Å²) in [6, 6.07) is 21.2. The van der Waals surface area contributed by atoms with Crippen LogP contribution in [-0.4, -0.2) is 32.4 Å². The first kappa shape index (κ1) is 26.3. The monoisotopic (exact) mass is 542 g/mol. The topological polar surface area (TPSA) is 75.3 Å². The van der Waals surface area contributed by atoms with Gasteiger partial charge in [-0.3, -0.25) is 0 Å². The third-order valence-corrected chi connectivity index (χ3v) is 6.99. The van der Waals surface area contributed by atoms with Crippen molar-refractivity contribution in [3.05, 3.63) is 77.0 Å². The SMILES string of the molecule is COc1ccc(-c2cc(=Nc3nc(-c4ccc(OC)cc4OC)c(C)s3)c3cc(OC(C)C)ccc3o2)cc1. The van der Waals surface area contributed by atoms with Gasteiger partial charge in [-0.1, -0.05) is 11.3 Å². The number of benzene rings is 3. The molecule has 5 aromatic rings. The van der Waals surface area contributed by atoms with Crippen molar-refractivity contribution in [2.24, 2.45) is 4.99 Å². The number of aryl methyl sites for hydroxylation is 1. The molecule has 7 nitrogen and oxygen atoms in total. The molecule has 0 saturated carbocycles. The maximum Gasteiger partial charge on any atom is 0.210 e. The number of thiazole rings is 1. The van der Waals surface area contributed by atoms with E-state index < -0.39 is 0 Å². The lowest BCUT2D eigenvalue weighted by atomic mass is 10.1. The number of fused-ring (bicyclic) bond motifs is 1. The maximum atomic E-state index is 6.31. The number of hydrogen-bond acceptors (Lipinski definition) is 8. The highest BCUT2D eigenvalue weighted by atomic mass is 32.1. The average molecular weight is 543 g/mol. The molecule has 0 N–H and O–H groups in total. The van der Waals surface area contributed by atoms with Gasteiger partial charge >= 0.3 is 0 Å². The van der Waals surface area contributed by atoms with Crippen LogP contribution in [0.3, 0.4) is 0 Å². The summed E-state index contributed by atoms with van der Waals surface area (Å²) >= 11 is 1.52. The Morgan fingerprint density at radius 1 is 0.821 bits per heavy atom. The predicted molar refractivity (Wildman–Crippen MR) is 155 cm³/mol. The number of nitrogens with zero attached hydrogens (tertiary/aromatic N) is 2. The molecule has 0 aliphatic carbocycles. The Morgan fingerprint density at radius 2 is 1.54 bits per heavy atom. The lowest BCUT2D eigenvalue weighted by molar-refractivity contribution is 0.242. The van der Waals surface area contributed by atoms with Crippen LogP contribution in [0.5, 0.6) is 23.0 Å². The number of ether oxygens (including phenoxy) is 4. The van der Waals surface area contributed by atoms with E-state index in [2.05, 4.69) is 0 Å². The predicted octanol–water partition coefficient (Wildman–Crippen LogP) is 7.58. The Hall–Kier alpha value is -4.30. The fourth-order valence-electron chi connectivity index (χ4n) is 4.26. The van der Waals surface area contributed by atoms with Crippen molar-refractivity contribution in [2.45, 2.75) is 26.9 Å². The first-order chi connectivity index (χ1) is 18.9. The zero-order valence-corrected chi connectivity index (χ0v) is 23.6. The second-order valence-corrected chi connectivity index (χ2v) is 10.3. The molecule has 8 heteroatoms. The summed E-state index contributed by atoms with van der Waals surface area (Å²) in [7, 11) is 4.92. The van der Waals surface area contributed by atoms with Crippen LogP contribution < -0.4 is 24.3 Å². The van der Waals surface area contributed by atoms with Crippen molar-refractivity contribution in [2.75, 3.05) is 21.3 Å². The summed E-state index contributed by atoms with van der Waals surface area (Å²) < 4.78 is 28.6. The highest BCUT2D eigenvalue weighted by Gasteiger charge is 2.16. The van der Waals surface area contributed by atoms with E-state index in [0.29, 0.717) is 22.2 Å². The van der Waals surface area contributed by atoms with Gasteiger partial charge in [-0.15, -0.1) is 0 Å². The van der Waals surface area contributed by atoms with Gasteiger partial charge in [-0.25, -0.2) is 9.98 Å². The zero-order chi connectivity index (χ0) is 27.5. The molecule has 0 bridgehead atoms. The minimum absolute atomic E-state index is 0.0435. The van der Waals surface area contributed by atoms with Crippen LogP contribution in [0.2, 0.25) is 0 Å². The Bertz CT molecular complexity index is 1690. The minimum Gasteiger partial charge on any atom is -0.497 e. The van der Waals surface area contributed by atoms with Crippen LogP contribution in [0.15, 0.2) is 76.1 Å². The Morgan fingerprint density at radius 3 is 2.23 bits per heavy atom. The van der Waals surface area contributed by atoms with E-state index in [9.17, 15) is 0 Å². The Labute approximate surface area is 231 Å². The third kappa shape index (κ3) is 5.61. The smallest absolute Gasteiger partial charge is 0.210 e. The molecule has 0 atom stereocenters. The van der Waals surface area contributed by atoms with Crippen LogP contribution in [0.4, 0.5) is 5.13 Å². The summed E-state index contributed by atoms with van der Waals surface area (Å²) in [5.41, 5.74) is 3.31. The van der Waals surface area contributed by atoms with Crippen molar-refractivity contribution >= 4 is 27.4 Å². The van der Waals surface area contributed by atoms with E-state index in [1.54, 1.807) is 21.3 Å². The van der Waals surface area contributed by atoms with Gasteiger partial charge in [0.25, 0.3) is 0 Å². The summed E-state index contributed by atoms with van der Waals surface area (Å²) in [4.78, 5) is 10.9. The van der Waals surface area contributed by atoms with Gasteiger partial charge in [0.1, 0.15) is 34.3 Å². The van der Waals surface area contributed by atoms with E-state index in [-0.39, 0.29) is 6.10 Å². The van der Waals surface area contributed by atoms with Crippen molar-refractivity contribution in [1.29, 1.82) is 0 Å². The Kier molecular flexibility index (Phi) is 7.56. The Balaban J connectivity index is 1.67. The molecule has 0 fully saturated rings. The molecule has 2 heterocycles. The van der Waals surface area contributed by atoms with Crippen molar-refractivity contribution < 1.29 is 23.4 Å². The van der Waals surface area contributed by atoms with E-state index in [0.717, 1.165) is 49.7 Å². The van der Waals surface area contributed by atoms with E-state index in [4.69, 9.17) is 33.3 Å². The van der Waals surface area contributed by atoms with Crippen molar-refractivity contribution in [3.8, 4) is 45.6 Å². The molecule has 0 radical (unpaired) electrons. The third-order valence-electron chi connectivity index (χ3n) is 6.13. The van der Waals surface area contributed by atoms with Crippen molar-refractivity contribution in [1.82, 2.24) is 4.98 Å². The van der Waals surface area contributed by atoms with Gasteiger partial charge in [-0.05, 0) is 75.4 Å². The van der Waals surface area contributed by atoms with Gasteiger partial charge in [0.05, 0.1) is 38.5 Å². The molecule has 3 aromatic carbocycles. The highest BCUT2D eigenvalue weighted by molar-refractivity contribution is 7.15. The van der Waals surface area contributed by atoms with Gasteiger partial charge < -0.3 is 23.4 Å². The first-order valence-electron chi connectivity index (χ1n) is 12.5. The highest BCUT2D eigenvalue weighted by Crippen LogP contribution is 2.38. The van der Waals surface area contributed by atoms with Gasteiger partial charge in [-0.2, -0.15) is 0 Å². The largest absolute Gasteiger partial charge is 0.497 e. The average Bonchev–Trinajstić information content (AvgIpc) is 3.31. The van der Waals surface area contributed by atoms with Crippen LogP contribution >= 0.6 is 11.3 Å². The molecule has 2 aromatic heterocycles. The summed E-state index contributed by atoms with van der Waals surface area (Å²) in [6.07, 6.45) is 0.0435. The number of aromatic nitrogens is 1. The van der Waals surface area contributed by atoms with Crippen LogP contribution in [0, 0.1) is 6.92 Å². The van der Waals surface area contributed by atoms with Gasteiger partial charge in [0.2, 0.25) is 5.13 Å². The zero-order valence-electron chi connectivity index (χ0n) is 22.8. The lowest BCUT2D eigenvalue weighted by Crippen LogP contribution is -2.07. The van der Waals surface area contributed by atoms with E-state index in [1.807, 2.05) is 87.5 Å². The van der Waals surface area contributed by atoms with E-state index in [1.165, 1.54) is 11.3 Å². The fraction of sp³-hybridized carbons (Fsp3) is 0.226. The molecular weight excluding hydrogens is 512 g/mol. The summed E-state index contributed by atoms with van der Waals surface area (Å²) in [5, 5.41) is 2.20. The summed E-state index contributed by atoms with van der Waals surface area (Å²) in [6.45, 7) is 6.03. The van der Waals surface area contributed by atoms with Crippen LogP contribution in [0.1, 0.15) is 18.7 Å². The number of methoxy groups -OCH3 is 3. The first-order valence-corrected chi connectivity index (χ1v) is 13.3. The van der Waals surface area contributed by atoms with E-state index >= 15 is 0 Å². The normalized spacial score (nSPS) is 11.7. The second-order valence-electron chi connectivity index (χ2n) is 9.13. The molecule has 0 spiro atoms. The molecule has 200 valence electrons. The standard InChI is InChI=1S/C31H30N2O5S/c1-18(2)37-23-12-14-27-25(15-23)26(17-28(38-27)20-7-9-21(34-4)10-8-20)32-31-33-30(19(3)39-31)24-13-11-22(35-5)16-29(24)36-6/h7-18H,1-6H3. The van der Waals surface area contributed by atoms with Gasteiger partial charge in [0, 0.05) is 33.5 Å². The molecule has 5 rings (SSSR count). The molecule has 0 amide bonds. The van der Waals surface area contributed by atoms with Gasteiger partial charge in [0.15, 0.2) is 0 Å². The second kappa shape index (κ2) is 11.2. The molecule has 0 saturated heterocycles. The van der Waals surface area contributed by atoms with Crippen molar-refractivity contribution in [3.63, 3.8) is 0 Å². The minimum atomic E-state index is 0.0435.